The summed E-state index contributed by atoms with van der Waals surface area (Å²) in [4.78, 5) is 23.5. The summed E-state index contributed by atoms with van der Waals surface area (Å²) in [5.41, 5.74) is 0.602. The van der Waals surface area contributed by atoms with Crippen molar-refractivity contribution >= 4 is 40.6 Å². The van der Waals surface area contributed by atoms with E-state index in [-0.39, 0.29) is 22.3 Å². The van der Waals surface area contributed by atoms with Crippen molar-refractivity contribution in [2.45, 2.75) is 11.8 Å². The first-order valence-corrected chi connectivity index (χ1v) is 7.86. The zero-order valence-corrected chi connectivity index (χ0v) is 13.3. The summed E-state index contributed by atoms with van der Waals surface area (Å²) in [7, 11) is 0. The van der Waals surface area contributed by atoms with Crippen molar-refractivity contribution in [3.63, 3.8) is 0 Å². The normalized spacial score (nSPS) is 10.3. The van der Waals surface area contributed by atoms with Gasteiger partial charge in [-0.05, 0) is 24.0 Å². The highest BCUT2D eigenvalue weighted by molar-refractivity contribution is 7.99. The number of nitro groups is 1. The van der Waals surface area contributed by atoms with Crippen LogP contribution in [-0.4, -0.2) is 16.6 Å². The molecule has 0 aliphatic rings. The van der Waals surface area contributed by atoms with Crippen molar-refractivity contribution in [2.75, 3.05) is 11.1 Å². The number of carbonyl (C=O) groups excluding carboxylic acids is 1. The van der Waals surface area contributed by atoms with Crippen molar-refractivity contribution in [2.24, 2.45) is 0 Å². The lowest BCUT2D eigenvalue weighted by Gasteiger charge is -2.10. The minimum Gasteiger partial charge on any atom is -0.320 e. The van der Waals surface area contributed by atoms with Gasteiger partial charge in [-0.15, -0.1) is 11.8 Å². The summed E-state index contributed by atoms with van der Waals surface area (Å²) in [5, 5.41) is 13.7. The fraction of sp³-hybridized carbons (Fsp3) is 0.133. The SMILES string of the molecule is CCSc1ccccc1C(=O)Nc1cc([N+](=O)[O-])ccc1Cl. The molecule has 0 saturated heterocycles. The number of rotatable bonds is 5. The van der Waals surface area contributed by atoms with E-state index in [1.54, 1.807) is 23.9 Å². The molecular formula is C15H13ClN2O3S. The zero-order valence-electron chi connectivity index (χ0n) is 11.7. The van der Waals surface area contributed by atoms with Crippen molar-refractivity contribution in [3.8, 4) is 0 Å². The van der Waals surface area contributed by atoms with Crippen LogP contribution in [0, 0.1) is 10.1 Å². The average molecular weight is 337 g/mol. The quantitative estimate of drug-likeness (QED) is 0.491. The Morgan fingerprint density at radius 1 is 1.32 bits per heavy atom. The van der Waals surface area contributed by atoms with Crippen molar-refractivity contribution < 1.29 is 9.72 Å². The molecule has 7 heteroatoms. The number of thioether (sulfide) groups is 1. The van der Waals surface area contributed by atoms with Gasteiger partial charge >= 0.3 is 0 Å². The van der Waals surface area contributed by atoms with Crippen LogP contribution in [0.3, 0.4) is 0 Å². The van der Waals surface area contributed by atoms with Crippen molar-refractivity contribution in [3.05, 3.63) is 63.2 Å². The molecule has 0 aliphatic carbocycles. The van der Waals surface area contributed by atoms with E-state index in [0.29, 0.717) is 5.56 Å². The first-order chi connectivity index (χ1) is 10.5. The smallest absolute Gasteiger partial charge is 0.271 e. The van der Waals surface area contributed by atoms with Gasteiger partial charge in [0.1, 0.15) is 0 Å². The second-order valence-electron chi connectivity index (χ2n) is 4.30. The first-order valence-electron chi connectivity index (χ1n) is 6.50. The van der Waals surface area contributed by atoms with Crippen molar-refractivity contribution in [1.29, 1.82) is 0 Å². The van der Waals surface area contributed by atoms with Crippen LogP contribution in [0.2, 0.25) is 5.02 Å². The highest BCUT2D eigenvalue weighted by atomic mass is 35.5. The number of non-ortho nitro benzene ring substituents is 1. The molecule has 0 saturated carbocycles. The molecule has 0 aliphatic heterocycles. The lowest BCUT2D eigenvalue weighted by molar-refractivity contribution is -0.384. The van der Waals surface area contributed by atoms with Gasteiger partial charge < -0.3 is 5.32 Å². The molecule has 0 bridgehead atoms. The van der Waals surface area contributed by atoms with Gasteiger partial charge in [0.15, 0.2) is 0 Å². The Kier molecular flexibility index (Phi) is 5.41. The predicted octanol–water partition coefficient (Wildman–Crippen LogP) is 4.61. The maximum Gasteiger partial charge on any atom is 0.271 e. The van der Waals surface area contributed by atoms with Gasteiger partial charge in [0, 0.05) is 17.0 Å². The fourth-order valence-electron chi connectivity index (χ4n) is 1.85. The molecule has 0 unspecified atom stereocenters. The Morgan fingerprint density at radius 3 is 2.73 bits per heavy atom. The molecule has 0 spiro atoms. The lowest BCUT2D eigenvalue weighted by Crippen LogP contribution is -2.13. The number of halogens is 1. The van der Waals surface area contributed by atoms with Crippen LogP contribution in [0.25, 0.3) is 0 Å². The van der Waals surface area contributed by atoms with Gasteiger partial charge in [0.05, 0.1) is 21.2 Å². The Bertz CT molecular complexity index is 722. The van der Waals surface area contributed by atoms with E-state index < -0.39 is 4.92 Å². The summed E-state index contributed by atoms with van der Waals surface area (Å²) in [6.45, 7) is 2.00. The number of nitro benzene ring substituents is 1. The molecule has 2 aromatic carbocycles. The van der Waals surface area contributed by atoms with E-state index in [2.05, 4.69) is 5.32 Å². The van der Waals surface area contributed by atoms with E-state index in [0.717, 1.165) is 10.6 Å². The molecule has 1 N–H and O–H groups in total. The highest BCUT2D eigenvalue weighted by Crippen LogP contribution is 2.28. The fourth-order valence-corrected chi connectivity index (χ4v) is 2.81. The maximum atomic E-state index is 12.4. The largest absolute Gasteiger partial charge is 0.320 e. The number of hydrogen-bond donors (Lipinski definition) is 1. The van der Waals surface area contributed by atoms with Crippen LogP contribution < -0.4 is 5.32 Å². The van der Waals surface area contributed by atoms with Crippen molar-refractivity contribution in [1.82, 2.24) is 0 Å². The number of benzene rings is 2. The molecule has 2 aromatic rings. The molecule has 0 aromatic heterocycles. The second kappa shape index (κ2) is 7.29. The number of anilines is 1. The van der Waals surface area contributed by atoms with Crippen LogP contribution in [0.1, 0.15) is 17.3 Å². The van der Waals surface area contributed by atoms with Crippen LogP contribution in [0.5, 0.6) is 0 Å². The van der Waals surface area contributed by atoms with Crippen LogP contribution in [0.4, 0.5) is 11.4 Å². The standard InChI is InChI=1S/C15H13ClN2O3S/c1-2-22-14-6-4-3-5-11(14)15(19)17-13-9-10(18(20)21)7-8-12(13)16/h3-9H,2H2,1H3,(H,17,19). The third-order valence-corrected chi connectivity index (χ3v) is 4.13. The number of amides is 1. The Morgan fingerprint density at radius 2 is 2.05 bits per heavy atom. The summed E-state index contributed by atoms with van der Waals surface area (Å²) >= 11 is 7.54. The third-order valence-electron chi connectivity index (χ3n) is 2.84. The van der Waals surface area contributed by atoms with E-state index in [9.17, 15) is 14.9 Å². The van der Waals surface area contributed by atoms with Gasteiger partial charge in [-0.2, -0.15) is 0 Å². The summed E-state index contributed by atoms with van der Waals surface area (Å²) in [6, 6.07) is 11.1. The molecule has 5 nitrogen and oxygen atoms in total. The highest BCUT2D eigenvalue weighted by Gasteiger charge is 2.15. The Balaban J connectivity index is 2.29. The zero-order chi connectivity index (χ0) is 16.1. The van der Waals surface area contributed by atoms with E-state index >= 15 is 0 Å². The molecular weight excluding hydrogens is 324 g/mol. The minimum atomic E-state index is -0.535. The molecule has 0 heterocycles. The maximum absolute atomic E-state index is 12.4. The summed E-state index contributed by atoms with van der Waals surface area (Å²) < 4.78 is 0. The monoisotopic (exact) mass is 336 g/mol. The molecule has 22 heavy (non-hydrogen) atoms. The lowest BCUT2D eigenvalue weighted by atomic mass is 10.2. The van der Waals surface area contributed by atoms with Gasteiger partial charge in [-0.3, -0.25) is 14.9 Å². The topological polar surface area (TPSA) is 72.2 Å². The summed E-state index contributed by atoms with van der Waals surface area (Å²) in [6.07, 6.45) is 0. The number of nitrogens with zero attached hydrogens (tertiary/aromatic N) is 1. The molecule has 114 valence electrons. The number of carbonyl (C=O) groups is 1. The average Bonchev–Trinajstić information content (AvgIpc) is 2.50. The van der Waals surface area contributed by atoms with Gasteiger partial charge in [-0.1, -0.05) is 30.7 Å². The Labute approximate surface area is 136 Å². The molecule has 0 atom stereocenters. The second-order valence-corrected chi connectivity index (χ2v) is 6.02. The van der Waals surface area contributed by atoms with Gasteiger partial charge in [0.2, 0.25) is 0 Å². The van der Waals surface area contributed by atoms with Gasteiger partial charge in [0.25, 0.3) is 11.6 Å². The number of hydrogen-bond acceptors (Lipinski definition) is 4. The van der Waals surface area contributed by atoms with Gasteiger partial charge in [-0.25, -0.2) is 0 Å². The third kappa shape index (κ3) is 3.78. The molecule has 2 rings (SSSR count). The predicted molar refractivity (Wildman–Crippen MR) is 88.9 cm³/mol. The molecule has 0 radical (unpaired) electrons. The van der Waals surface area contributed by atoms with Crippen LogP contribution in [0.15, 0.2) is 47.4 Å². The molecule has 1 amide bonds. The van der Waals surface area contributed by atoms with Crippen LogP contribution >= 0.6 is 23.4 Å². The van der Waals surface area contributed by atoms with E-state index in [1.165, 1.54) is 18.2 Å². The number of nitrogens with one attached hydrogen (secondary N) is 1. The van der Waals surface area contributed by atoms with E-state index in [1.807, 2.05) is 19.1 Å². The van der Waals surface area contributed by atoms with E-state index in [4.69, 9.17) is 11.6 Å². The molecule has 0 fully saturated rings. The van der Waals surface area contributed by atoms with Crippen LogP contribution in [-0.2, 0) is 0 Å². The first kappa shape index (κ1) is 16.3. The minimum absolute atomic E-state index is 0.129. The summed E-state index contributed by atoms with van der Waals surface area (Å²) in [5.74, 6) is 0.487. The Hall–Kier alpha value is -2.05.